The van der Waals surface area contributed by atoms with E-state index in [1.54, 1.807) is 0 Å². The Hall–Kier alpha value is -1.35. The van der Waals surface area contributed by atoms with Gasteiger partial charge in [0.05, 0.1) is 0 Å². The van der Waals surface area contributed by atoms with Crippen molar-refractivity contribution in [1.29, 1.82) is 0 Å². The molecule has 3 aliphatic rings. The van der Waals surface area contributed by atoms with Crippen LogP contribution in [0.4, 0.5) is 0 Å². The molecule has 2 aliphatic carbocycles. The average Bonchev–Trinajstić information content (AvgIpc) is 3.26. The van der Waals surface area contributed by atoms with Crippen molar-refractivity contribution in [3.8, 4) is 0 Å². The molecule has 1 aromatic rings. The number of carbonyl (C=O) groups excluding carboxylic acids is 1. The van der Waals surface area contributed by atoms with E-state index in [4.69, 9.17) is 0 Å². The van der Waals surface area contributed by atoms with Crippen molar-refractivity contribution in [2.75, 3.05) is 20.1 Å². The number of likely N-dealkylation sites (N-methyl/N-ethyl adjacent to an activating group) is 1. The van der Waals surface area contributed by atoms with Gasteiger partial charge in [-0.1, -0.05) is 24.3 Å². The Balaban J connectivity index is 1.42. The second-order valence-corrected chi connectivity index (χ2v) is 7.48. The van der Waals surface area contributed by atoms with Gasteiger partial charge in [0.15, 0.2) is 0 Å². The molecule has 3 nitrogen and oxygen atoms in total. The number of benzene rings is 1. The van der Waals surface area contributed by atoms with Crippen LogP contribution in [0.2, 0.25) is 0 Å². The van der Waals surface area contributed by atoms with Crippen molar-refractivity contribution < 1.29 is 4.79 Å². The fourth-order valence-electron chi connectivity index (χ4n) is 4.61. The first-order chi connectivity index (χ1) is 10.7. The summed E-state index contributed by atoms with van der Waals surface area (Å²) in [7, 11) is 2.04. The van der Waals surface area contributed by atoms with E-state index in [-0.39, 0.29) is 0 Å². The number of nitrogens with zero attached hydrogens (tertiary/aromatic N) is 1. The number of hydrogen-bond donors (Lipinski definition) is 1. The van der Waals surface area contributed by atoms with Gasteiger partial charge in [0.25, 0.3) is 0 Å². The van der Waals surface area contributed by atoms with Crippen LogP contribution in [0, 0.1) is 11.3 Å². The predicted octanol–water partition coefficient (Wildman–Crippen LogP) is 2.39. The van der Waals surface area contributed by atoms with E-state index in [1.807, 2.05) is 7.05 Å². The quantitative estimate of drug-likeness (QED) is 0.909. The summed E-state index contributed by atoms with van der Waals surface area (Å²) in [4.78, 5) is 15.0. The zero-order valence-corrected chi connectivity index (χ0v) is 13.5. The SMILES string of the molecule is CN(C(=O)C1CC12CCNCC2)C1CCc2ccccc2C1. The van der Waals surface area contributed by atoms with Crippen LogP contribution >= 0.6 is 0 Å². The first-order valence-corrected chi connectivity index (χ1v) is 8.74. The third kappa shape index (κ3) is 2.36. The van der Waals surface area contributed by atoms with E-state index in [1.165, 1.54) is 24.0 Å². The Kier molecular flexibility index (Phi) is 3.48. The van der Waals surface area contributed by atoms with Crippen LogP contribution in [0.3, 0.4) is 0 Å². The number of fused-ring (bicyclic) bond motifs is 1. The first kappa shape index (κ1) is 14.3. The maximum absolute atomic E-state index is 12.9. The molecule has 0 aromatic heterocycles. The molecular formula is C19H26N2O. The van der Waals surface area contributed by atoms with Gasteiger partial charge in [-0.3, -0.25) is 4.79 Å². The van der Waals surface area contributed by atoms with E-state index in [9.17, 15) is 4.79 Å². The Morgan fingerprint density at radius 2 is 1.95 bits per heavy atom. The highest BCUT2D eigenvalue weighted by Gasteiger charge is 2.58. The number of rotatable bonds is 2. The summed E-state index contributed by atoms with van der Waals surface area (Å²) in [6.07, 6.45) is 6.75. The highest BCUT2D eigenvalue weighted by Crippen LogP contribution is 2.59. The highest BCUT2D eigenvalue weighted by molar-refractivity contribution is 5.83. The lowest BCUT2D eigenvalue weighted by atomic mass is 9.87. The molecule has 1 spiro atoms. The molecule has 2 atom stereocenters. The van der Waals surface area contributed by atoms with E-state index in [0.717, 1.165) is 38.8 Å². The van der Waals surface area contributed by atoms with Crippen LogP contribution in [0.5, 0.6) is 0 Å². The van der Waals surface area contributed by atoms with Crippen LogP contribution in [0.15, 0.2) is 24.3 Å². The summed E-state index contributed by atoms with van der Waals surface area (Å²) in [6, 6.07) is 9.10. The zero-order valence-electron chi connectivity index (χ0n) is 13.5. The summed E-state index contributed by atoms with van der Waals surface area (Å²) in [5.74, 6) is 0.711. The second kappa shape index (κ2) is 5.38. The summed E-state index contributed by atoms with van der Waals surface area (Å²) in [5, 5.41) is 3.42. The minimum Gasteiger partial charge on any atom is -0.342 e. The van der Waals surface area contributed by atoms with Gasteiger partial charge in [-0.05, 0) is 68.2 Å². The van der Waals surface area contributed by atoms with Gasteiger partial charge in [0.2, 0.25) is 5.91 Å². The average molecular weight is 298 g/mol. The van der Waals surface area contributed by atoms with Crippen molar-refractivity contribution >= 4 is 5.91 Å². The number of piperidine rings is 1. The Labute approximate surface area is 133 Å². The molecule has 1 heterocycles. The maximum atomic E-state index is 12.9. The Morgan fingerprint density at radius 3 is 2.73 bits per heavy atom. The van der Waals surface area contributed by atoms with Crippen LogP contribution < -0.4 is 5.32 Å². The fraction of sp³-hybridized carbons (Fsp3) is 0.632. The van der Waals surface area contributed by atoms with E-state index in [2.05, 4.69) is 34.5 Å². The molecule has 1 aromatic carbocycles. The normalized spacial score (nSPS) is 29.0. The lowest BCUT2D eigenvalue weighted by Crippen LogP contribution is -2.42. The molecule has 0 radical (unpaired) electrons. The molecule has 3 heteroatoms. The lowest BCUT2D eigenvalue weighted by Gasteiger charge is -2.33. The van der Waals surface area contributed by atoms with Crippen LogP contribution in [-0.2, 0) is 17.6 Å². The first-order valence-electron chi connectivity index (χ1n) is 8.74. The van der Waals surface area contributed by atoms with Gasteiger partial charge < -0.3 is 10.2 Å². The van der Waals surface area contributed by atoms with E-state index in [0.29, 0.717) is 23.3 Å². The van der Waals surface area contributed by atoms with Gasteiger partial charge in [0, 0.05) is 19.0 Å². The zero-order chi connectivity index (χ0) is 15.2. The fourth-order valence-corrected chi connectivity index (χ4v) is 4.61. The van der Waals surface area contributed by atoms with Crippen molar-refractivity contribution in [3.63, 3.8) is 0 Å². The monoisotopic (exact) mass is 298 g/mol. The van der Waals surface area contributed by atoms with E-state index < -0.39 is 0 Å². The van der Waals surface area contributed by atoms with Gasteiger partial charge in [0.1, 0.15) is 0 Å². The summed E-state index contributed by atoms with van der Waals surface area (Å²) < 4.78 is 0. The predicted molar refractivity (Wildman–Crippen MR) is 87.7 cm³/mol. The van der Waals surface area contributed by atoms with Crippen molar-refractivity contribution in [2.24, 2.45) is 11.3 Å². The third-order valence-corrected chi connectivity index (χ3v) is 6.30. The van der Waals surface area contributed by atoms with Crippen LogP contribution in [-0.4, -0.2) is 37.0 Å². The molecule has 0 bridgehead atoms. The summed E-state index contributed by atoms with van der Waals surface area (Å²) >= 11 is 0. The number of carbonyl (C=O) groups is 1. The van der Waals surface area contributed by atoms with Gasteiger partial charge in [-0.15, -0.1) is 0 Å². The number of hydrogen-bond acceptors (Lipinski definition) is 2. The number of amides is 1. The molecule has 1 saturated carbocycles. The highest BCUT2D eigenvalue weighted by atomic mass is 16.2. The smallest absolute Gasteiger partial charge is 0.226 e. The maximum Gasteiger partial charge on any atom is 0.226 e. The minimum absolute atomic E-state index is 0.303. The van der Waals surface area contributed by atoms with Gasteiger partial charge in [-0.25, -0.2) is 0 Å². The lowest BCUT2D eigenvalue weighted by molar-refractivity contribution is -0.134. The molecular weight excluding hydrogens is 272 g/mol. The molecule has 1 saturated heterocycles. The Morgan fingerprint density at radius 1 is 1.23 bits per heavy atom. The largest absolute Gasteiger partial charge is 0.342 e. The van der Waals surface area contributed by atoms with Gasteiger partial charge >= 0.3 is 0 Å². The molecule has 4 rings (SSSR count). The molecule has 1 N–H and O–H groups in total. The topological polar surface area (TPSA) is 32.3 Å². The third-order valence-electron chi connectivity index (χ3n) is 6.30. The van der Waals surface area contributed by atoms with E-state index >= 15 is 0 Å². The van der Waals surface area contributed by atoms with Crippen LogP contribution in [0.25, 0.3) is 0 Å². The number of aryl methyl sites for hydroxylation is 1. The van der Waals surface area contributed by atoms with Crippen molar-refractivity contribution in [1.82, 2.24) is 10.2 Å². The molecule has 118 valence electrons. The summed E-state index contributed by atoms with van der Waals surface area (Å²) in [5.41, 5.74) is 3.26. The Bertz CT molecular complexity index is 577. The molecule has 2 unspecified atom stereocenters. The molecule has 22 heavy (non-hydrogen) atoms. The van der Waals surface area contributed by atoms with Gasteiger partial charge in [-0.2, -0.15) is 0 Å². The summed E-state index contributed by atoms with van der Waals surface area (Å²) in [6.45, 7) is 2.18. The van der Waals surface area contributed by atoms with Crippen molar-refractivity contribution in [2.45, 2.75) is 44.6 Å². The number of nitrogens with one attached hydrogen (secondary N) is 1. The molecule has 2 fully saturated rings. The van der Waals surface area contributed by atoms with Crippen molar-refractivity contribution in [3.05, 3.63) is 35.4 Å². The molecule has 1 aliphatic heterocycles. The van der Waals surface area contributed by atoms with Crippen LogP contribution in [0.1, 0.15) is 36.8 Å². The minimum atomic E-state index is 0.303. The molecule has 1 amide bonds. The second-order valence-electron chi connectivity index (χ2n) is 7.48. The standard InChI is InChI=1S/C19H26N2O/c1-21(16-7-6-14-4-2-3-5-15(14)12-16)18(22)17-13-19(17)8-10-20-11-9-19/h2-5,16-17,20H,6-13H2,1H3.